The van der Waals surface area contributed by atoms with E-state index in [-0.39, 0.29) is 6.04 Å². The van der Waals surface area contributed by atoms with Gasteiger partial charge in [-0.05, 0) is 23.0 Å². The van der Waals surface area contributed by atoms with Gasteiger partial charge in [0.25, 0.3) is 0 Å². The minimum absolute atomic E-state index is 0.0306. The zero-order valence-electron chi connectivity index (χ0n) is 9.35. The van der Waals surface area contributed by atoms with Gasteiger partial charge in [-0.3, -0.25) is 4.68 Å². The summed E-state index contributed by atoms with van der Waals surface area (Å²) in [6.45, 7) is 0. The first-order valence-electron chi connectivity index (χ1n) is 4.84. The quantitative estimate of drug-likeness (QED) is 0.898. The lowest BCUT2D eigenvalue weighted by Gasteiger charge is -2.14. The SMILES string of the molecule is CNC(c1cnn(C)c1)c1c(Br)nnn1C. The fraction of sp³-hybridized carbons (Fsp3) is 0.444. The Labute approximate surface area is 102 Å². The van der Waals surface area contributed by atoms with E-state index >= 15 is 0 Å². The predicted octanol–water partition coefficient (Wildman–Crippen LogP) is 0.620. The van der Waals surface area contributed by atoms with Gasteiger partial charge in [0.15, 0.2) is 4.60 Å². The van der Waals surface area contributed by atoms with Gasteiger partial charge in [-0.2, -0.15) is 5.10 Å². The minimum Gasteiger partial charge on any atom is -0.308 e. The summed E-state index contributed by atoms with van der Waals surface area (Å²) in [5, 5.41) is 15.3. The van der Waals surface area contributed by atoms with Gasteiger partial charge in [-0.1, -0.05) is 5.21 Å². The van der Waals surface area contributed by atoms with E-state index in [2.05, 4.69) is 36.7 Å². The Morgan fingerprint density at radius 3 is 2.62 bits per heavy atom. The van der Waals surface area contributed by atoms with Crippen LogP contribution in [0, 0.1) is 0 Å². The maximum absolute atomic E-state index is 4.17. The van der Waals surface area contributed by atoms with Crippen molar-refractivity contribution in [3.63, 3.8) is 0 Å². The number of nitrogens with one attached hydrogen (secondary N) is 1. The fourth-order valence-electron chi connectivity index (χ4n) is 1.70. The van der Waals surface area contributed by atoms with Crippen LogP contribution in [0.3, 0.4) is 0 Å². The highest BCUT2D eigenvalue weighted by Gasteiger charge is 2.21. The third-order valence-corrected chi connectivity index (χ3v) is 3.01. The molecule has 0 aromatic carbocycles. The third-order valence-electron chi connectivity index (χ3n) is 2.45. The second-order valence-electron chi connectivity index (χ2n) is 3.56. The van der Waals surface area contributed by atoms with E-state index in [1.807, 2.05) is 33.5 Å². The number of aromatic nitrogens is 5. The van der Waals surface area contributed by atoms with Crippen molar-refractivity contribution in [2.45, 2.75) is 6.04 Å². The first-order valence-corrected chi connectivity index (χ1v) is 5.63. The number of halogens is 1. The van der Waals surface area contributed by atoms with E-state index in [4.69, 9.17) is 0 Å². The van der Waals surface area contributed by atoms with Crippen molar-refractivity contribution in [2.75, 3.05) is 7.05 Å². The van der Waals surface area contributed by atoms with Crippen molar-refractivity contribution in [1.29, 1.82) is 0 Å². The molecule has 2 aromatic rings. The average molecular weight is 285 g/mol. The average Bonchev–Trinajstić information content (AvgIpc) is 2.80. The molecule has 0 saturated carbocycles. The van der Waals surface area contributed by atoms with Gasteiger partial charge < -0.3 is 5.32 Å². The van der Waals surface area contributed by atoms with Gasteiger partial charge in [-0.25, -0.2) is 4.68 Å². The highest BCUT2D eigenvalue weighted by molar-refractivity contribution is 9.10. The van der Waals surface area contributed by atoms with Crippen molar-refractivity contribution in [2.24, 2.45) is 14.1 Å². The molecule has 0 aliphatic heterocycles. The molecule has 0 aliphatic carbocycles. The summed E-state index contributed by atoms with van der Waals surface area (Å²) < 4.78 is 4.27. The molecule has 2 heterocycles. The summed E-state index contributed by atoms with van der Waals surface area (Å²) in [6.07, 6.45) is 3.81. The molecule has 0 bridgehead atoms. The van der Waals surface area contributed by atoms with Gasteiger partial charge in [0, 0.05) is 25.9 Å². The van der Waals surface area contributed by atoms with Crippen LogP contribution < -0.4 is 5.32 Å². The van der Waals surface area contributed by atoms with Crippen molar-refractivity contribution in [3.05, 3.63) is 28.3 Å². The molecule has 0 amide bonds. The Kier molecular flexibility index (Phi) is 3.06. The molecular formula is C9H13BrN6. The molecule has 0 spiro atoms. The molecule has 2 aromatic heterocycles. The molecule has 86 valence electrons. The molecule has 7 heteroatoms. The van der Waals surface area contributed by atoms with Gasteiger partial charge in [0.05, 0.1) is 17.9 Å². The summed E-state index contributed by atoms with van der Waals surface area (Å²) in [6, 6.07) is 0.0306. The molecule has 1 unspecified atom stereocenters. The lowest BCUT2D eigenvalue weighted by atomic mass is 10.1. The Bertz CT molecular complexity index is 468. The van der Waals surface area contributed by atoms with Crippen LogP contribution in [-0.4, -0.2) is 31.8 Å². The second-order valence-corrected chi connectivity index (χ2v) is 4.31. The van der Waals surface area contributed by atoms with Crippen LogP contribution >= 0.6 is 15.9 Å². The number of aryl methyl sites for hydroxylation is 2. The van der Waals surface area contributed by atoms with Crippen molar-refractivity contribution in [3.8, 4) is 0 Å². The maximum atomic E-state index is 4.17. The minimum atomic E-state index is 0.0306. The monoisotopic (exact) mass is 284 g/mol. The first-order chi connectivity index (χ1) is 7.63. The summed E-state index contributed by atoms with van der Waals surface area (Å²) in [5.74, 6) is 0. The molecule has 16 heavy (non-hydrogen) atoms. The topological polar surface area (TPSA) is 60.6 Å². The zero-order valence-corrected chi connectivity index (χ0v) is 10.9. The van der Waals surface area contributed by atoms with Crippen LogP contribution in [0.1, 0.15) is 17.3 Å². The molecule has 1 N–H and O–H groups in total. The number of nitrogens with zero attached hydrogens (tertiary/aromatic N) is 5. The predicted molar refractivity (Wildman–Crippen MR) is 62.8 cm³/mol. The van der Waals surface area contributed by atoms with E-state index < -0.39 is 0 Å². The number of hydrogen-bond acceptors (Lipinski definition) is 4. The van der Waals surface area contributed by atoms with Crippen LogP contribution in [-0.2, 0) is 14.1 Å². The van der Waals surface area contributed by atoms with E-state index in [9.17, 15) is 0 Å². The van der Waals surface area contributed by atoms with Crippen LogP contribution in [0.15, 0.2) is 17.0 Å². The Morgan fingerprint density at radius 2 is 2.19 bits per heavy atom. The van der Waals surface area contributed by atoms with E-state index in [0.717, 1.165) is 15.9 Å². The van der Waals surface area contributed by atoms with E-state index in [0.29, 0.717) is 0 Å². The highest BCUT2D eigenvalue weighted by atomic mass is 79.9. The lowest BCUT2D eigenvalue weighted by molar-refractivity contribution is 0.596. The molecule has 1 atom stereocenters. The van der Waals surface area contributed by atoms with Crippen molar-refractivity contribution in [1.82, 2.24) is 30.1 Å². The molecule has 0 radical (unpaired) electrons. The number of hydrogen-bond donors (Lipinski definition) is 1. The molecule has 6 nitrogen and oxygen atoms in total. The summed E-state index contributed by atoms with van der Waals surface area (Å²) in [7, 11) is 5.66. The van der Waals surface area contributed by atoms with Crippen LogP contribution in [0.5, 0.6) is 0 Å². The van der Waals surface area contributed by atoms with E-state index in [1.54, 1.807) is 9.36 Å². The maximum Gasteiger partial charge on any atom is 0.153 e. The summed E-state index contributed by atoms with van der Waals surface area (Å²) in [5.41, 5.74) is 2.06. The Hall–Kier alpha value is -1.21. The van der Waals surface area contributed by atoms with E-state index in [1.165, 1.54) is 0 Å². The molecule has 0 saturated heterocycles. The molecular weight excluding hydrogens is 272 g/mol. The number of rotatable bonds is 3. The van der Waals surface area contributed by atoms with Crippen molar-refractivity contribution >= 4 is 15.9 Å². The summed E-state index contributed by atoms with van der Waals surface area (Å²) in [4.78, 5) is 0. The first kappa shape index (κ1) is 11.3. The van der Waals surface area contributed by atoms with Gasteiger partial charge in [0.1, 0.15) is 0 Å². The summed E-state index contributed by atoms with van der Waals surface area (Å²) >= 11 is 3.40. The smallest absolute Gasteiger partial charge is 0.153 e. The van der Waals surface area contributed by atoms with Crippen LogP contribution in [0.2, 0.25) is 0 Å². The van der Waals surface area contributed by atoms with Crippen molar-refractivity contribution < 1.29 is 0 Å². The largest absolute Gasteiger partial charge is 0.308 e. The van der Waals surface area contributed by atoms with Gasteiger partial charge in [0.2, 0.25) is 0 Å². The van der Waals surface area contributed by atoms with Crippen LogP contribution in [0.4, 0.5) is 0 Å². The molecule has 0 fully saturated rings. The normalized spacial score (nSPS) is 13.0. The highest BCUT2D eigenvalue weighted by Crippen LogP contribution is 2.25. The Morgan fingerprint density at radius 1 is 1.44 bits per heavy atom. The van der Waals surface area contributed by atoms with Crippen LogP contribution in [0.25, 0.3) is 0 Å². The third kappa shape index (κ3) is 1.88. The lowest BCUT2D eigenvalue weighted by Crippen LogP contribution is -2.20. The van der Waals surface area contributed by atoms with Gasteiger partial charge in [-0.15, -0.1) is 5.10 Å². The molecule has 2 rings (SSSR count). The Balaban J connectivity index is 2.44. The standard InChI is InChI=1S/C9H13BrN6/c1-11-7(6-4-12-15(2)5-6)8-9(10)13-14-16(8)3/h4-5,7,11H,1-3H3. The fourth-order valence-corrected chi connectivity index (χ4v) is 2.25. The second kappa shape index (κ2) is 4.34. The molecule has 0 aliphatic rings. The zero-order chi connectivity index (χ0) is 11.7. The van der Waals surface area contributed by atoms with Gasteiger partial charge >= 0.3 is 0 Å².